The van der Waals surface area contributed by atoms with Gasteiger partial charge in [0.25, 0.3) is 0 Å². The number of anilines is 1. The summed E-state index contributed by atoms with van der Waals surface area (Å²) in [6, 6.07) is 5.77. The number of hydrogen-bond donors (Lipinski definition) is 1. The summed E-state index contributed by atoms with van der Waals surface area (Å²) in [6.07, 6.45) is 0. The summed E-state index contributed by atoms with van der Waals surface area (Å²) in [5.41, 5.74) is 7.69. The second-order valence-corrected chi connectivity index (χ2v) is 5.00. The molecule has 1 rings (SSSR count). The molecular weight excluding hydrogens is 194 g/mol. The van der Waals surface area contributed by atoms with Crippen molar-refractivity contribution in [3.05, 3.63) is 23.8 Å². The van der Waals surface area contributed by atoms with Crippen molar-refractivity contribution in [3.63, 3.8) is 0 Å². The van der Waals surface area contributed by atoms with Crippen molar-refractivity contribution in [3.8, 4) is 5.75 Å². The first kappa shape index (κ1) is 11.2. The average Bonchev–Trinajstić information content (AvgIpc) is 2.15. The lowest BCUT2D eigenvalue weighted by Crippen LogP contribution is -1.95. The van der Waals surface area contributed by atoms with Crippen LogP contribution in [0.5, 0.6) is 5.75 Å². The molecule has 3 heteroatoms. The summed E-state index contributed by atoms with van der Waals surface area (Å²) in [7, 11) is 1.69. The topological polar surface area (TPSA) is 35.2 Å². The lowest BCUT2D eigenvalue weighted by atomic mass is 10.2. The van der Waals surface area contributed by atoms with E-state index in [2.05, 4.69) is 13.8 Å². The second-order valence-electron chi connectivity index (χ2n) is 3.43. The van der Waals surface area contributed by atoms with Gasteiger partial charge >= 0.3 is 0 Å². The summed E-state index contributed by atoms with van der Waals surface area (Å²) >= 11 is 1.89. The molecule has 0 aliphatic carbocycles. The van der Waals surface area contributed by atoms with Crippen molar-refractivity contribution in [2.45, 2.75) is 24.9 Å². The lowest BCUT2D eigenvalue weighted by Gasteiger charge is -2.10. The zero-order valence-corrected chi connectivity index (χ0v) is 9.73. The molecule has 0 aliphatic rings. The predicted octanol–water partition coefficient (Wildman–Crippen LogP) is 2.92. The first-order chi connectivity index (χ1) is 6.63. The van der Waals surface area contributed by atoms with Gasteiger partial charge in [0.15, 0.2) is 0 Å². The number of benzene rings is 1. The molecule has 0 bridgehead atoms. The van der Waals surface area contributed by atoms with E-state index < -0.39 is 0 Å². The van der Waals surface area contributed by atoms with Gasteiger partial charge in [0.1, 0.15) is 5.75 Å². The van der Waals surface area contributed by atoms with E-state index in [4.69, 9.17) is 10.5 Å². The summed E-state index contributed by atoms with van der Waals surface area (Å²) in [5.74, 6) is 1.87. The minimum Gasteiger partial charge on any atom is -0.496 e. The normalized spacial score (nSPS) is 10.6. The third kappa shape index (κ3) is 3.14. The second kappa shape index (κ2) is 5.15. The van der Waals surface area contributed by atoms with Crippen LogP contribution in [0.3, 0.4) is 0 Å². The van der Waals surface area contributed by atoms with Crippen LogP contribution in [0.4, 0.5) is 5.69 Å². The van der Waals surface area contributed by atoms with Gasteiger partial charge in [0, 0.05) is 17.0 Å². The van der Waals surface area contributed by atoms with Gasteiger partial charge in [-0.25, -0.2) is 0 Å². The molecule has 0 aromatic heterocycles. The van der Waals surface area contributed by atoms with E-state index in [0.717, 1.165) is 17.2 Å². The highest BCUT2D eigenvalue weighted by Crippen LogP contribution is 2.26. The van der Waals surface area contributed by atoms with Gasteiger partial charge in [-0.15, -0.1) is 0 Å². The zero-order chi connectivity index (χ0) is 10.6. The van der Waals surface area contributed by atoms with Crippen molar-refractivity contribution >= 4 is 17.4 Å². The van der Waals surface area contributed by atoms with Crippen molar-refractivity contribution in [1.82, 2.24) is 0 Å². The van der Waals surface area contributed by atoms with Crippen molar-refractivity contribution < 1.29 is 4.74 Å². The average molecular weight is 211 g/mol. The van der Waals surface area contributed by atoms with Gasteiger partial charge in [-0.3, -0.25) is 0 Å². The Morgan fingerprint density at radius 1 is 1.43 bits per heavy atom. The molecule has 0 spiro atoms. The smallest absolute Gasteiger partial charge is 0.123 e. The predicted molar refractivity (Wildman–Crippen MR) is 63.8 cm³/mol. The molecule has 0 radical (unpaired) electrons. The molecule has 1 aromatic carbocycles. The van der Waals surface area contributed by atoms with E-state index in [1.807, 2.05) is 30.0 Å². The zero-order valence-electron chi connectivity index (χ0n) is 8.91. The number of methoxy groups -OCH3 is 1. The molecule has 2 N–H and O–H groups in total. The van der Waals surface area contributed by atoms with Crippen LogP contribution in [0.1, 0.15) is 19.4 Å². The molecule has 0 aliphatic heterocycles. The van der Waals surface area contributed by atoms with Crippen molar-refractivity contribution in [2.24, 2.45) is 0 Å². The largest absolute Gasteiger partial charge is 0.496 e. The highest BCUT2D eigenvalue weighted by Gasteiger charge is 2.04. The maximum absolute atomic E-state index is 5.72. The van der Waals surface area contributed by atoms with Gasteiger partial charge in [0.2, 0.25) is 0 Å². The molecule has 14 heavy (non-hydrogen) atoms. The van der Waals surface area contributed by atoms with E-state index in [1.165, 1.54) is 5.56 Å². The molecule has 1 aromatic rings. The minimum absolute atomic E-state index is 0.626. The van der Waals surface area contributed by atoms with Crippen molar-refractivity contribution in [2.75, 3.05) is 12.8 Å². The van der Waals surface area contributed by atoms with Crippen molar-refractivity contribution in [1.29, 1.82) is 0 Å². The molecule has 2 nitrogen and oxygen atoms in total. The lowest BCUT2D eigenvalue weighted by molar-refractivity contribution is 0.411. The van der Waals surface area contributed by atoms with Crippen LogP contribution in [-0.4, -0.2) is 12.4 Å². The molecule has 0 saturated heterocycles. The summed E-state index contributed by atoms with van der Waals surface area (Å²) in [5, 5.41) is 0.626. The number of thioether (sulfide) groups is 1. The van der Waals surface area contributed by atoms with Gasteiger partial charge in [-0.1, -0.05) is 13.8 Å². The first-order valence-corrected chi connectivity index (χ1v) is 5.72. The number of hydrogen-bond acceptors (Lipinski definition) is 3. The maximum atomic E-state index is 5.72. The Bertz CT molecular complexity index is 299. The number of rotatable bonds is 4. The highest BCUT2D eigenvalue weighted by atomic mass is 32.2. The quantitative estimate of drug-likeness (QED) is 0.778. The molecule has 78 valence electrons. The molecule has 0 saturated carbocycles. The molecule has 0 fully saturated rings. The van der Waals surface area contributed by atoms with E-state index in [-0.39, 0.29) is 0 Å². The van der Waals surface area contributed by atoms with E-state index in [0.29, 0.717) is 5.25 Å². The Balaban J connectivity index is 2.77. The monoisotopic (exact) mass is 211 g/mol. The Morgan fingerprint density at radius 2 is 2.14 bits per heavy atom. The fraction of sp³-hybridized carbons (Fsp3) is 0.455. The molecule has 0 heterocycles. The standard InChI is InChI=1S/C11H17NOS/c1-8(2)14-7-9-6-10(12)4-5-11(9)13-3/h4-6,8H,7,12H2,1-3H3. The summed E-state index contributed by atoms with van der Waals surface area (Å²) in [4.78, 5) is 0. The van der Waals surface area contributed by atoms with Crippen LogP contribution < -0.4 is 10.5 Å². The van der Waals surface area contributed by atoms with E-state index in [9.17, 15) is 0 Å². The van der Waals surface area contributed by atoms with Gasteiger partial charge < -0.3 is 10.5 Å². The van der Waals surface area contributed by atoms with Gasteiger partial charge in [0.05, 0.1) is 7.11 Å². The van der Waals surface area contributed by atoms with Crippen LogP contribution in [0.2, 0.25) is 0 Å². The maximum Gasteiger partial charge on any atom is 0.123 e. The SMILES string of the molecule is COc1ccc(N)cc1CSC(C)C. The Morgan fingerprint density at radius 3 is 2.71 bits per heavy atom. The number of nitrogen functional groups attached to an aromatic ring is 1. The van der Waals surface area contributed by atoms with E-state index >= 15 is 0 Å². The van der Waals surface area contributed by atoms with Crippen LogP contribution in [-0.2, 0) is 5.75 Å². The van der Waals surface area contributed by atoms with Crippen LogP contribution in [0.25, 0.3) is 0 Å². The van der Waals surface area contributed by atoms with Crippen LogP contribution in [0.15, 0.2) is 18.2 Å². The van der Waals surface area contributed by atoms with Gasteiger partial charge in [-0.2, -0.15) is 11.8 Å². The Kier molecular flexibility index (Phi) is 4.14. The molecule has 0 atom stereocenters. The molecular formula is C11H17NOS. The highest BCUT2D eigenvalue weighted by molar-refractivity contribution is 7.99. The summed E-state index contributed by atoms with van der Waals surface area (Å²) in [6.45, 7) is 4.37. The van der Waals surface area contributed by atoms with Crippen LogP contribution in [0, 0.1) is 0 Å². The number of nitrogens with two attached hydrogens (primary N) is 1. The third-order valence-corrected chi connectivity index (χ3v) is 3.02. The Hall–Kier alpha value is -0.830. The fourth-order valence-corrected chi connectivity index (χ4v) is 1.91. The van der Waals surface area contributed by atoms with Crippen LogP contribution >= 0.6 is 11.8 Å². The minimum atomic E-state index is 0.626. The summed E-state index contributed by atoms with van der Waals surface area (Å²) < 4.78 is 5.26. The fourth-order valence-electron chi connectivity index (χ4n) is 1.17. The first-order valence-electron chi connectivity index (χ1n) is 4.67. The van der Waals surface area contributed by atoms with Gasteiger partial charge in [-0.05, 0) is 23.4 Å². The molecule has 0 amide bonds. The number of ether oxygens (including phenoxy) is 1. The third-order valence-electron chi connectivity index (χ3n) is 1.88. The Labute approximate surface area is 89.8 Å². The van der Waals surface area contributed by atoms with E-state index in [1.54, 1.807) is 7.11 Å². The molecule has 0 unspecified atom stereocenters.